The normalized spacial score (nSPS) is 10.9. The van der Waals surface area contributed by atoms with Crippen LogP contribution in [0.25, 0.3) is 10.6 Å². The zero-order valence-corrected chi connectivity index (χ0v) is 16.7. The largest absolute Gasteiger partial charge is 0.370 e. The van der Waals surface area contributed by atoms with E-state index in [1.165, 1.54) is 10.4 Å². The second-order valence-corrected chi connectivity index (χ2v) is 7.97. The van der Waals surface area contributed by atoms with E-state index in [-0.39, 0.29) is 0 Å². The maximum atomic E-state index is 4.40. The number of H-pyrrole nitrogens is 1. The van der Waals surface area contributed by atoms with Gasteiger partial charge in [-0.1, -0.05) is 28.1 Å². The number of hydrogen-bond acceptors (Lipinski definition) is 7. The van der Waals surface area contributed by atoms with E-state index in [0.717, 1.165) is 39.7 Å². The Bertz CT molecular complexity index is 999. The van der Waals surface area contributed by atoms with Crippen LogP contribution in [0.2, 0.25) is 0 Å². The molecule has 0 spiro atoms. The van der Waals surface area contributed by atoms with E-state index in [9.17, 15) is 0 Å². The molecule has 2 N–H and O–H groups in total. The van der Waals surface area contributed by atoms with Gasteiger partial charge in [-0.2, -0.15) is 0 Å². The van der Waals surface area contributed by atoms with Crippen molar-refractivity contribution in [3.63, 3.8) is 0 Å². The highest BCUT2D eigenvalue weighted by atomic mass is 79.9. The predicted molar refractivity (Wildman–Crippen MR) is 109 cm³/mol. The van der Waals surface area contributed by atoms with Crippen LogP contribution in [0.4, 0.5) is 5.82 Å². The number of aromatic nitrogens is 6. The molecule has 9 heteroatoms. The Morgan fingerprint density at radius 2 is 1.96 bits per heavy atom. The Hall–Kier alpha value is -2.65. The lowest BCUT2D eigenvalue weighted by molar-refractivity contribution is 0.881. The van der Waals surface area contributed by atoms with Gasteiger partial charge in [-0.25, -0.2) is 15.1 Å². The quantitative estimate of drug-likeness (QED) is 0.453. The predicted octanol–water partition coefficient (Wildman–Crippen LogP) is 3.73. The first-order valence-corrected chi connectivity index (χ1v) is 9.99. The molecular weight excluding hydrogens is 426 g/mol. The van der Waals surface area contributed by atoms with E-state index >= 15 is 0 Å². The van der Waals surface area contributed by atoms with E-state index < -0.39 is 0 Å². The number of tetrazole rings is 1. The molecule has 4 rings (SSSR count). The monoisotopic (exact) mass is 441 g/mol. The number of nitrogens with zero attached hydrogens (tertiary/aromatic N) is 5. The Kier molecular flexibility index (Phi) is 5.50. The van der Waals surface area contributed by atoms with Crippen molar-refractivity contribution < 1.29 is 0 Å². The van der Waals surface area contributed by atoms with Crippen molar-refractivity contribution in [3.05, 3.63) is 69.5 Å². The number of nitrogens with one attached hydrogen (secondary N) is 2. The topological polar surface area (TPSA) is 92.3 Å². The van der Waals surface area contributed by atoms with E-state index in [1.807, 2.05) is 6.07 Å². The van der Waals surface area contributed by atoms with Crippen molar-refractivity contribution in [2.45, 2.75) is 12.8 Å². The van der Waals surface area contributed by atoms with Crippen LogP contribution in [-0.4, -0.2) is 37.1 Å². The number of aromatic amines is 1. The Morgan fingerprint density at radius 1 is 1.07 bits per heavy atom. The molecule has 0 atom stereocenters. The summed E-state index contributed by atoms with van der Waals surface area (Å²) in [5, 5.41) is 17.3. The second kappa shape index (κ2) is 8.36. The lowest BCUT2D eigenvalue weighted by atomic mass is 10.1. The van der Waals surface area contributed by atoms with Gasteiger partial charge in [0.2, 0.25) is 0 Å². The van der Waals surface area contributed by atoms with Gasteiger partial charge in [-0.15, -0.1) is 16.4 Å². The summed E-state index contributed by atoms with van der Waals surface area (Å²) in [6, 6.07) is 14.5. The average molecular weight is 442 g/mol. The molecule has 0 fully saturated rings. The van der Waals surface area contributed by atoms with Crippen molar-refractivity contribution in [3.8, 4) is 10.6 Å². The Balaban J connectivity index is 1.38. The van der Waals surface area contributed by atoms with Crippen LogP contribution in [0.3, 0.4) is 0 Å². The van der Waals surface area contributed by atoms with Crippen LogP contribution in [-0.2, 0) is 12.8 Å². The number of rotatable bonds is 7. The third-order valence-corrected chi connectivity index (χ3v) is 5.58. The molecule has 3 heterocycles. The van der Waals surface area contributed by atoms with Gasteiger partial charge < -0.3 is 5.32 Å². The summed E-state index contributed by atoms with van der Waals surface area (Å²) < 4.78 is 1.09. The Labute approximate surface area is 168 Å². The molecule has 1 aromatic carbocycles. The fourth-order valence-corrected chi connectivity index (χ4v) is 3.85. The minimum atomic E-state index is 0.682. The highest BCUT2D eigenvalue weighted by Crippen LogP contribution is 2.28. The highest BCUT2D eigenvalue weighted by Gasteiger charge is 2.08. The smallest absolute Gasteiger partial charge is 0.153 e. The molecule has 136 valence electrons. The van der Waals surface area contributed by atoms with E-state index in [4.69, 9.17) is 0 Å². The first-order chi connectivity index (χ1) is 13.3. The molecule has 0 aliphatic rings. The molecule has 0 bridgehead atoms. The molecule has 0 saturated heterocycles. The van der Waals surface area contributed by atoms with Gasteiger partial charge in [0.25, 0.3) is 0 Å². The van der Waals surface area contributed by atoms with Gasteiger partial charge in [0.1, 0.15) is 12.1 Å². The van der Waals surface area contributed by atoms with Crippen LogP contribution < -0.4 is 5.32 Å². The number of anilines is 1. The van der Waals surface area contributed by atoms with Crippen LogP contribution in [0, 0.1) is 0 Å². The summed E-state index contributed by atoms with van der Waals surface area (Å²) in [5.74, 6) is 1.58. The fraction of sp³-hybridized carbons (Fsp3) is 0.167. The number of halogens is 1. The molecular formula is C18H16BrN7S. The van der Waals surface area contributed by atoms with E-state index in [1.54, 1.807) is 17.7 Å². The standard InChI is InChI=1S/C18H16BrN7S/c19-13-3-1-12(2-4-13)7-8-20-17-10-15(21-11-22-17)16-6-5-14(27-16)9-18-23-25-26-24-18/h1-6,10-11H,7-9H2,(H,20,21,22)(H,23,24,25,26). The number of hydrogen-bond donors (Lipinski definition) is 2. The zero-order valence-electron chi connectivity index (χ0n) is 14.3. The molecule has 27 heavy (non-hydrogen) atoms. The number of thiophene rings is 1. The summed E-state index contributed by atoms with van der Waals surface area (Å²) in [5.41, 5.74) is 2.19. The first kappa shape index (κ1) is 17.7. The van der Waals surface area contributed by atoms with Gasteiger partial charge in [0.05, 0.1) is 10.6 Å². The van der Waals surface area contributed by atoms with E-state index in [0.29, 0.717) is 6.42 Å². The van der Waals surface area contributed by atoms with Crippen molar-refractivity contribution in [1.82, 2.24) is 30.6 Å². The third-order valence-electron chi connectivity index (χ3n) is 3.95. The molecule has 0 unspecified atom stereocenters. The van der Waals surface area contributed by atoms with Gasteiger partial charge in [0.15, 0.2) is 5.82 Å². The first-order valence-electron chi connectivity index (χ1n) is 8.38. The molecule has 0 amide bonds. The van der Waals surface area contributed by atoms with Crippen molar-refractivity contribution >= 4 is 33.1 Å². The summed E-state index contributed by atoms with van der Waals surface area (Å²) >= 11 is 5.13. The summed E-state index contributed by atoms with van der Waals surface area (Å²) in [6.07, 6.45) is 3.21. The minimum Gasteiger partial charge on any atom is -0.370 e. The van der Waals surface area contributed by atoms with Crippen molar-refractivity contribution in [2.75, 3.05) is 11.9 Å². The molecule has 0 saturated carbocycles. The van der Waals surface area contributed by atoms with E-state index in [2.05, 4.69) is 88.2 Å². The summed E-state index contributed by atoms with van der Waals surface area (Å²) in [6.45, 7) is 0.812. The SMILES string of the molecule is Brc1ccc(CCNc2cc(-c3ccc(Cc4nnn[nH]4)s3)ncn2)cc1. The molecule has 0 aliphatic carbocycles. The third kappa shape index (κ3) is 4.75. The molecule has 3 aromatic heterocycles. The minimum absolute atomic E-state index is 0.682. The molecule has 7 nitrogen and oxygen atoms in total. The average Bonchev–Trinajstić information content (AvgIpc) is 3.36. The molecule has 0 aliphatic heterocycles. The maximum Gasteiger partial charge on any atom is 0.153 e. The summed E-state index contributed by atoms with van der Waals surface area (Å²) in [7, 11) is 0. The van der Waals surface area contributed by atoms with Crippen molar-refractivity contribution in [1.29, 1.82) is 0 Å². The van der Waals surface area contributed by atoms with Gasteiger partial charge in [0, 0.05) is 28.4 Å². The highest BCUT2D eigenvalue weighted by molar-refractivity contribution is 9.10. The van der Waals surface area contributed by atoms with Gasteiger partial charge in [-0.05, 0) is 46.7 Å². The van der Waals surface area contributed by atoms with Gasteiger partial charge in [-0.3, -0.25) is 0 Å². The number of benzene rings is 1. The summed E-state index contributed by atoms with van der Waals surface area (Å²) in [4.78, 5) is 11.0. The van der Waals surface area contributed by atoms with Crippen LogP contribution >= 0.6 is 27.3 Å². The lowest BCUT2D eigenvalue weighted by Crippen LogP contribution is -2.06. The Morgan fingerprint density at radius 3 is 2.78 bits per heavy atom. The molecule has 4 aromatic rings. The maximum absolute atomic E-state index is 4.40. The molecule has 0 radical (unpaired) electrons. The second-order valence-electron chi connectivity index (χ2n) is 5.88. The fourth-order valence-electron chi connectivity index (χ4n) is 2.60. The van der Waals surface area contributed by atoms with Gasteiger partial charge >= 0.3 is 0 Å². The zero-order chi connectivity index (χ0) is 18.5. The van der Waals surface area contributed by atoms with Crippen LogP contribution in [0.1, 0.15) is 16.3 Å². The van der Waals surface area contributed by atoms with Crippen molar-refractivity contribution in [2.24, 2.45) is 0 Å². The lowest BCUT2D eigenvalue weighted by Gasteiger charge is -2.06. The van der Waals surface area contributed by atoms with Crippen LogP contribution in [0.5, 0.6) is 0 Å². The van der Waals surface area contributed by atoms with Crippen LogP contribution in [0.15, 0.2) is 53.3 Å².